The minimum absolute atomic E-state index is 0.0768. The number of benzene rings is 1. The molecule has 9 heteroatoms. The second-order valence-corrected chi connectivity index (χ2v) is 9.04. The number of pyridine rings is 1. The minimum Gasteiger partial charge on any atom is -0.263 e. The van der Waals surface area contributed by atoms with Crippen molar-refractivity contribution < 1.29 is 16.8 Å². The van der Waals surface area contributed by atoms with E-state index in [1.165, 1.54) is 30.5 Å². The fourth-order valence-corrected chi connectivity index (χ4v) is 4.35. The highest BCUT2D eigenvalue weighted by Gasteiger charge is 2.25. The predicted octanol–water partition coefficient (Wildman–Crippen LogP) is 1.57. The molecule has 1 aromatic carbocycles. The third-order valence-corrected chi connectivity index (χ3v) is 6.36. The second-order valence-electron chi connectivity index (χ2n) is 5.59. The summed E-state index contributed by atoms with van der Waals surface area (Å²) in [4.78, 5) is 3.68. The van der Waals surface area contributed by atoms with Gasteiger partial charge < -0.3 is 0 Å². The van der Waals surface area contributed by atoms with Crippen LogP contribution >= 0.6 is 0 Å². The van der Waals surface area contributed by atoms with Crippen LogP contribution in [0.25, 0.3) is 0 Å². The van der Waals surface area contributed by atoms with E-state index < -0.39 is 20.0 Å². The molecule has 1 aliphatic carbocycles. The van der Waals surface area contributed by atoms with E-state index in [4.69, 9.17) is 0 Å². The molecule has 1 aliphatic rings. The van der Waals surface area contributed by atoms with Gasteiger partial charge >= 0.3 is 0 Å². The highest BCUT2D eigenvalue weighted by Crippen LogP contribution is 2.28. The van der Waals surface area contributed by atoms with Crippen LogP contribution < -0.4 is 9.44 Å². The Morgan fingerprint density at radius 2 is 1.67 bits per heavy atom. The van der Waals surface area contributed by atoms with Gasteiger partial charge in [0.05, 0.1) is 9.79 Å². The zero-order valence-electron chi connectivity index (χ0n) is 12.7. The van der Waals surface area contributed by atoms with E-state index in [0.717, 1.165) is 18.9 Å². The molecule has 3 rings (SSSR count). The molecule has 128 valence electrons. The van der Waals surface area contributed by atoms with Crippen molar-refractivity contribution in [2.75, 3.05) is 11.3 Å². The Morgan fingerprint density at radius 1 is 0.958 bits per heavy atom. The van der Waals surface area contributed by atoms with Gasteiger partial charge in [-0.05, 0) is 49.1 Å². The highest BCUT2D eigenvalue weighted by atomic mass is 32.2. The summed E-state index contributed by atoms with van der Waals surface area (Å²) in [5.74, 6) is 0.551. The number of nitrogens with zero attached hydrogens (tertiary/aromatic N) is 1. The van der Waals surface area contributed by atoms with Gasteiger partial charge in [-0.25, -0.2) is 26.5 Å². The van der Waals surface area contributed by atoms with Gasteiger partial charge in [0.25, 0.3) is 10.0 Å². The average molecular weight is 367 g/mol. The van der Waals surface area contributed by atoms with Crippen molar-refractivity contribution in [3.8, 4) is 0 Å². The summed E-state index contributed by atoms with van der Waals surface area (Å²) in [5, 5.41) is 0. The van der Waals surface area contributed by atoms with Crippen LogP contribution in [0.3, 0.4) is 0 Å². The first-order valence-electron chi connectivity index (χ1n) is 7.40. The van der Waals surface area contributed by atoms with E-state index in [0.29, 0.717) is 12.5 Å². The monoisotopic (exact) mass is 367 g/mol. The summed E-state index contributed by atoms with van der Waals surface area (Å²) in [7, 11) is -7.65. The van der Waals surface area contributed by atoms with Crippen LogP contribution in [0.2, 0.25) is 0 Å². The smallest absolute Gasteiger partial charge is 0.263 e. The van der Waals surface area contributed by atoms with Crippen molar-refractivity contribution in [2.24, 2.45) is 5.92 Å². The van der Waals surface area contributed by atoms with Gasteiger partial charge in [-0.15, -0.1) is 0 Å². The van der Waals surface area contributed by atoms with Gasteiger partial charge in [0.2, 0.25) is 10.0 Å². The third kappa shape index (κ3) is 4.11. The minimum atomic E-state index is -3.92. The van der Waals surface area contributed by atoms with E-state index >= 15 is 0 Å². The number of hydrogen-bond acceptors (Lipinski definition) is 5. The van der Waals surface area contributed by atoms with Crippen LogP contribution in [-0.2, 0) is 20.0 Å². The van der Waals surface area contributed by atoms with E-state index in [-0.39, 0.29) is 15.6 Å². The van der Waals surface area contributed by atoms with Crippen LogP contribution in [0.1, 0.15) is 12.8 Å². The topological polar surface area (TPSA) is 105 Å². The summed E-state index contributed by atoms with van der Waals surface area (Å²) in [6.45, 7) is 0.380. The van der Waals surface area contributed by atoms with Gasteiger partial charge in [-0.2, -0.15) is 0 Å². The molecular weight excluding hydrogens is 350 g/mol. The lowest BCUT2D eigenvalue weighted by atomic mass is 10.4. The number of anilines is 1. The molecule has 0 spiro atoms. The first-order chi connectivity index (χ1) is 11.4. The lowest BCUT2D eigenvalue weighted by Gasteiger charge is -2.10. The lowest BCUT2D eigenvalue weighted by molar-refractivity contribution is 0.577. The maximum Gasteiger partial charge on any atom is 0.263 e. The number of nitrogens with one attached hydrogen (secondary N) is 2. The summed E-state index contributed by atoms with van der Waals surface area (Å²) < 4.78 is 54.1. The normalized spacial score (nSPS) is 15.2. The molecule has 2 N–H and O–H groups in total. The quantitative estimate of drug-likeness (QED) is 0.773. The lowest BCUT2D eigenvalue weighted by Crippen LogP contribution is -2.26. The Hall–Kier alpha value is -1.97. The van der Waals surface area contributed by atoms with Gasteiger partial charge in [0.15, 0.2) is 0 Å². The van der Waals surface area contributed by atoms with Gasteiger partial charge in [-0.1, -0.05) is 12.1 Å². The molecule has 24 heavy (non-hydrogen) atoms. The van der Waals surface area contributed by atoms with Crippen molar-refractivity contribution in [3.05, 3.63) is 48.7 Å². The fourth-order valence-electron chi connectivity index (χ4n) is 2.06. The Morgan fingerprint density at radius 3 is 2.29 bits per heavy atom. The zero-order valence-corrected chi connectivity index (χ0v) is 14.3. The van der Waals surface area contributed by atoms with Crippen LogP contribution in [0, 0.1) is 5.92 Å². The van der Waals surface area contributed by atoms with E-state index in [1.807, 2.05) is 0 Å². The standard InChI is InChI=1S/C15H17N3O4S2/c19-23(20,17-11-12-7-8-12)13-4-3-5-14(10-13)24(21,22)18-15-6-1-2-9-16-15/h1-6,9-10,12,17H,7-8,11H2,(H,16,18). The van der Waals surface area contributed by atoms with Gasteiger partial charge in [0, 0.05) is 12.7 Å². The van der Waals surface area contributed by atoms with Crippen molar-refractivity contribution in [1.29, 1.82) is 0 Å². The SMILES string of the molecule is O=S(=O)(NCC1CC1)c1cccc(S(=O)(=O)Nc2ccccn2)c1. The van der Waals surface area contributed by atoms with Crippen molar-refractivity contribution in [3.63, 3.8) is 0 Å². The summed E-state index contributed by atoms with van der Waals surface area (Å²) >= 11 is 0. The Labute approximate surface area is 141 Å². The largest absolute Gasteiger partial charge is 0.263 e. The molecule has 0 atom stereocenters. The van der Waals surface area contributed by atoms with Crippen molar-refractivity contribution >= 4 is 25.9 Å². The molecule has 0 unspecified atom stereocenters. The Balaban J connectivity index is 1.83. The van der Waals surface area contributed by atoms with Crippen LogP contribution in [0.15, 0.2) is 58.5 Å². The number of aromatic nitrogens is 1. The average Bonchev–Trinajstić information content (AvgIpc) is 3.38. The van der Waals surface area contributed by atoms with Gasteiger partial charge in [0.1, 0.15) is 5.82 Å². The maximum absolute atomic E-state index is 12.4. The Kier molecular flexibility index (Phi) is 4.57. The van der Waals surface area contributed by atoms with Crippen LogP contribution in [0.4, 0.5) is 5.82 Å². The second kappa shape index (κ2) is 6.50. The van der Waals surface area contributed by atoms with E-state index in [2.05, 4.69) is 14.4 Å². The van der Waals surface area contributed by atoms with Gasteiger partial charge in [-0.3, -0.25) is 4.72 Å². The summed E-state index contributed by atoms with van der Waals surface area (Å²) in [6.07, 6.45) is 3.50. The molecule has 7 nitrogen and oxygen atoms in total. The molecular formula is C15H17N3O4S2. The molecule has 0 radical (unpaired) electrons. The maximum atomic E-state index is 12.4. The molecule has 1 saturated carbocycles. The van der Waals surface area contributed by atoms with E-state index in [1.54, 1.807) is 12.1 Å². The fraction of sp³-hybridized carbons (Fsp3) is 0.267. The molecule has 0 bridgehead atoms. The molecule has 1 fully saturated rings. The molecule has 0 aliphatic heterocycles. The summed E-state index contributed by atoms with van der Waals surface area (Å²) in [5.41, 5.74) is 0. The van der Waals surface area contributed by atoms with E-state index in [9.17, 15) is 16.8 Å². The van der Waals surface area contributed by atoms with Crippen LogP contribution in [-0.4, -0.2) is 28.4 Å². The highest BCUT2D eigenvalue weighted by molar-refractivity contribution is 7.93. The first-order valence-corrected chi connectivity index (χ1v) is 10.4. The number of sulfonamides is 2. The molecule has 1 aromatic heterocycles. The predicted molar refractivity (Wildman–Crippen MR) is 89.4 cm³/mol. The molecule has 0 amide bonds. The van der Waals surface area contributed by atoms with Crippen molar-refractivity contribution in [2.45, 2.75) is 22.6 Å². The number of rotatable bonds is 7. The van der Waals surface area contributed by atoms with Crippen LogP contribution in [0.5, 0.6) is 0 Å². The third-order valence-electron chi connectivity index (χ3n) is 3.59. The Bertz CT molecular complexity index is 924. The molecule has 0 saturated heterocycles. The number of hydrogen-bond donors (Lipinski definition) is 2. The summed E-state index contributed by atoms with van der Waals surface area (Å²) in [6, 6.07) is 10.1. The molecule has 1 heterocycles. The van der Waals surface area contributed by atoms with Crippen molar-refractivity contribution in [1.82, 2.24) is 9.71 Å². The zero-order chi connectivity index (χ0) is 17.2. The first kappa shape index (κ1) is 16.9. The molecule has 2 aromatic rings.